The van der Waals surface area contributed by atoms with Crippen molar-refractivity contribution in [2.24, 2.45) is 5.92 Å². The minimum Gasteiger partial charge on any atom is -0.462 e. The van der Waals surface area contributed by atoms with E-state index in [9.17, 15) is 43.2 Å². The van der Waals surface area contributed by atoms with E-state index in [1.54, 1.807) is 0 Å². The van der Waals surface area contributed by atoms with Crippen LogP contribution in [0.4, 0.5) is 0 Å². The van der Waals surface area contributed by atoms with Gasteiger partial charge in [-0.2, -0.15) is 0 Å². The Kier molecular flexibility index (Phi) is 57.4. The lowest BCUT2D eigenvalue weighted by Crippen LogP contribution is -2.30. The molecule has 0 aliphatic heterocycles. The Labute approximate surface area is 511 Å². The van der Waals surface area contributed by atoms with Gasteiger partial charge in [0.1, 0.15) is 19.3 Å². The summed E-state index contributed by atoms with van der Waals surface area (Å²) in [4.78, 5) is 72.2. The van der Waals surface area contributed by atoms with E-state index in [0.29, 0.717) is 25.7 Å². The van der Waals surface area contributed by atoms with Crippen LogP contribution in [0.25, 0.3) is 0 Å². The van der Waals surface area contributed by atoms with Crippen molar-refractivity contribution < 1.29 is 80.2 Å². The fourth-order valence-electron chi connectivity index (χ4n) is 9.76. The first-order valence-corrected chi connectivity index (χ1v) is 37.1. The number of hydrogen-bond donors (Lipinski definition) is 3. The van der Waals surface area contributed by atoms with Crippen molar-refractivity contribution in [1.29, 1.82) is 0 Å². The minimum atomic E-state index is -4.94. The minimum absolute atomic E-state index is 0.106. The van der Waals surface area contributed by atoms with E-state index in [-0.39, 0.29) is 25.7 Å². The Morgan fingerprint density at radius 1 is 0.321 bits per heavy atom. The number of carbonyl (C=O) groups excluding carboxylic acids is 4. The van der Waals surface area contributed by atoms with Crippen molar-refractivity contribution in [2.75, 3.05) is 39.6 Å². The van der Waals surface area contributed by atoms with Gasteiger partial charge in [-0.05, 0) is 31.6 Å². The van der Waals surface area contributed by atoms with Crippen molar-refractivity contribution in [3.05, 3.63) is 0 Å². The Morgan fingerprint density at radius 2 is 0.548 bits per heavy atom. The third-order valence-corrected chi connectivity index (χ3v) is 16.9. The number of unbranched alkanes of at least 4 members (excludes halogenated alkanes) is 37. The van der Waals surface area contributed by atoms with Crippen molar-refractivity contribution >= 4 is 39.5 Å². The fourth-order valence-corrected chi connectivity index (χ4v) is 11.3. The van der Waals surface area contributed by atoms with Crippen molar-refractivity contribution in [3.8, 4) is 0 Å². The van der Waals surface area contributed by atoms with Gasteiger partial charge in [0.05, 0.1) is 26.4 Å². The molecule has 0 aromatic rings. The molecule has 0 amide bonds. The summed E-state index contributed by atoms with van der Waals surface area (Å²) < 4.78 is 68.0. The second-order valence-corrected chi connectivity index (χ2v) is 26.9. The predicted octanol–water partition coefficient (Wildman–Crippen LogP) is 18.2. The van der Waals surface area contributed by atoms with Crippen LogP contribution in [0.15, 0.2) is 0 Å². The van der Waals surface area contributed by atoms with E-state index in [1.807, 2.05) is 0 Å². The van der Waals surface area contributed by atoms with Crippen LogP contribution in [-0.4, -0.2) is 96.7 Å². The molecule has 0 saturated carbocycles. The number of aliphatic hydroxyl groups is 1. The first kappa shape index (κ1) is 82.1. The molecule has 19 heteroatoms. The molecule has 498 valence electrons. The molecule has 0 rings (SSSR count). The van der Waals surface area contributed by atoms with Crippen molar-refractivity contribution in [2.45, 2.75) is 348 Å². The first-order chi connectivity index (χ1) is 40.5. The zero-order chi connectivity index (χ0) is 62.0. The highest BCUT2D eigenvalue weighted by atomic mass is 31.2. The van der Waals surface area contributed by atoms with E-state index in [1.165, 1.54) is 154 Å². The molecule has 5 atom stereocenters. The summed E-state index contributed by atoms with van der Waals surface area (Å²) in [5.41, 5.74) is 0. The van der Waals surface area contributed by atoms with Gasteiger partial charge in [0.2, 0.25) is 0 Å². The number of phosphoric ester groups is 2. The molecule has 0 fully saturated rings. The van der Waals surface area contributed by atoms with Gasteiger partial charge in [-0.15, -0.1) is 0 Å². The lowest BCUT2D eigenvalue weighted by atomic mass is 10.0. The van der Waals surface area contributed by atoms with Gasteiger partial charge in [-0.25, -0.2) is 9.13 Å². The first-order valence-electron chi connectivity index (χ1n) is 34.1. The molecule has 0 bridgehead atoms. The van der Waals surface area contributed by atoms with Gasteiger partial charge in [0.15, 0.2) is 12.2 Å². The molecule has 0 aliphatic carbocycles. The molecule has 84 heavy (non-hydrogen) atoms. The average Bonchev–Trinajstić information content (AvgIpc) is 3.62. The zero-order valence-electron chi connectivity index (χ0n) is 54.0. The Bertz CT molecular complexity index is 1640. The molecule has 0 radical (unpaired) electrons. The second kappa shape index (κ2) is 58.7. The molecule has 0 heterocycles. The number of carbonyl (C=O) groups is 4. The van der Waals surface area contributed by atoms with Crippen LogP contribution in [0.3, 0.4) is 0 Å². The van der Waals surface area contributed by atoms with Crippen LogP contribution in [0.1, 0.15) is 330 Å². The Morgan fingerprint density at radius 3 is 0.810 bits per heavy atom. The summed E-state index contributed by atoms with van der Waals surface area (Å²) in [6.45, 7) is 7.14. The summed E-state index contributed by atoms with van der Waals surface area (Å²) >= 11 is 0. The largest absolute Gasteiger partial charge is 0.472 e. The number of hydrogen-bond acceptors (Lipinski definition) is 15. The summed E-state index contributed by atoms with van der Waals surface area (Å²) in [7, 11) is -9.88. The number of rotatable bonds is 65. The molecular weight excluding hydrogens is 1110 g/mol. The SMILES string of the molecule is CCCCCCCCCCCCCCCCCC(=O)O[C@H](COC(=O)CCCCCCCCCCC(C)C)COP(=O)(O)OC[C@@H](O)COP(=O)(O)OC[C@@H](COC(=O)CCCCCCCCCCC)OC(=O)CCCCCCCCCCC. The van der Waals surface area contributed by atoms with Crippen molar-refractivity contribution in [3.63, 3.8) is 0 Å². The maximum Gasteiger partial charge on any atom is 0.472 e. The van der Waals surface area contributed by atoms with Gasteiger partial charge >= 0.3 is 39.5 Å². The van der Waals surface area contributed by atoms with Gasteiger partial charge in [-0.1, -0.05) is 279 Å². The predicted molar refractivity (Wildman–Crippen MR) is 335 cm³/mol. The maximum absolute atomic E-state index is 13.0. The number of phosphoric acid groups is 2. The van der Waals surface area contributed by atoms with Gasteiger partial charge in [0.25, 0.3) is 0 Å². The molecule has 3 N–H and O–H groups in total. The highest BCUT2D eigenvalue weighted by molar-refractivity contribution is 7.47. The highest BCUT2D eigenvalue weighted by Crippen LogP contribution is 2.45. The Hall–Kier alpha value is -1.94. The molecule has 0 aliphatic rings. The van der Waals surface area contributed by atoms with E-state index >= 15 is 0 Å². The van der Waals surface area contributed by atoms with Crippen LogP contribution in [0, 0.1) is 5.92 Å². The van der Waals surface area contributed by atoms with E-state index in [4.69, 9.17) is 37.0 Å². The lowest BCUT2D eigenvalue weighted by Gasteiger charge is -2.21. The molecule has 2 unspecified atom stereocenters. The quantitative estimate of drug-likeness (QED) is 0.0222. The Balaban J connectivity index is 5.21. The lowest BCUT2D eigenvalue weighted by molar-refractivity contribution is -0.161. The van der Waals surface area contributed by atoms with Gasteiger partial charge < -0.3 is 33.8 Å². The van der Waals surface area contributed by atoms with Crippen LogP contribution in [0.2, 0.25) is 0 Å². The second-order valence-electron chi connectivity index (χ2n) is 24.0. The maximum atomic E-state index is 13.0. The number of aliphatic hydroxyl groups excluding tert-OH is 1. The zero-order valence-corrected chi connectivity index (χ0v) is 55.8. The van der Waals surface area contributed by atoms with E-state index in [2.05, 4.69) is 34.6 Å². The molecule has 0 aromatic heterocycles. The smallest absolute Gasteiger partial charge is 0.462 e. The van der Waals surface area contributed by atoms with Gasteiger partial charge in [0, 0.05) is 25.7 Å². The summed E-state index contributed by atoms with van der Waals surface area (Å²) in [5.74, 6) is -1.41. The monoisotopic (exact) mass is 1240 g/mol. The third kappa shape index (κ3) is 59.0. The summed E-state index contributed by atoms with van der Waals surface area (Å²) in [6, 6.07) is 0. The van der Waals surface area contributed by atoms with E-state index in [0.717, 1.165) is 95.8 Å². The standard InChI is InChI=1S/C65H126O17P2/c1-6-9-12-15-18-21-22-23-24-25-26-29-36-41-46-51-65(70)82-61(55-76-63(68)49-44-39-34-31-30-32-37-42-47-58(4)5)57-80-84(73,74)78-53-59(66)52-77-83(71,72)79-56-60(81-64(69)50-45-40-35-28-20-17-14-11-8-3)54-75-62(67)48-43-38-33-27-19-16-13-10-7-2/h58-61,66H,6-57H2,1-5H3,(H,71,72)(H,73,74)/t59-,60+,61+/m0/s1. The van der Waals surface area contributed by atoms with Crippen LogP contribution >= 0.6 is 15.6 Å². The molecule has 0 saturated heterocycles. The normalized spacial score (nSPS) is 14.2. The molecular formula is C65H126O17P2. The number of ether oxygens (including phenoxy) is 4. The molecule has 0 spiro atoms. The number of esters is 4. The highest BCUT2D eigenvalue weighted by Gasteiger charge is 2.30. The van der Waals surface area contributed by atoms with Crippen LogP contribution in [-0.2, 0) is 65.4 Å². The average molecular weight is 1240 g/mol. The fraction of sp³-hybridized carbons (Fsp3) is 0.938. The van der Waals surface area contributed by atoms with Gasteiger partial charge in [-0.3, -0.25) is 37.3 Å². The van der Waals surface area contributed by atoms with Crippen LogP contribution < -0.4 is 0 Å². The third-order valence-electron chi connectivity index (χ3n) is 15.0. The summed E-state index contributed by atoms with van der Waals surface area (Å²) in [6.07, 6.45) is 43.1. The molecule has 17 nitrogen and oxygen atoms in total. The molecule has 0 aromatic carbocycles. The van der Waals surface area contributed by atoms with Crippen molar-refractivity contribution in [1.82, 2.24) is 0 Å². The summed E-state index contributed by atoms with van der Waals surface area (Å²) in [5, 5.41) is 10.5. The topological polar surface area (TPSA) is 237 Å². The van der Waals surface area contributed by atoms with Crippen LogP contribution in [0.5, 0.6) is 0 Å². The van der Waals surface area contributed by atoms with E-state index < -0.39 is 97.5 Å².